The number of rotatable bonds is 4. The van der Waals surface area contributed by atoms with Crippen molar-refractivity contribution in [3.05, 3.63) is 24.1 Å². The first-order valence-electron chi connectivity index (χ1n) is 6.67. The second-order valence-corrected chi connectivity index (χ2v) is 5.90. The highest BCUT2D eigenvalue weighted by atomic mass is 16.5. The summed E-state index contributed by atoms with van der Waals surface area (Å²) in [5, 5.41) is 3.99. The molecule has 2 aromatic rings. The summed E-state index contributed by atoms with van der Waals surface area (Å²) in [6.07, 6.45) is 0. The molecule has 0 unspecified atom stereocenters. The van der Waals surface area contributed by atoms with Gasteiger partial charge in [0.2, 0.25) is 11.7 Å². The second-order valence-electron chi connectivity index (χ2n) is 5.90. The summed E-state index contributed by atoms with van der Waals surface area (Å²) >= 11 is 0. The van der Waals surface area contributed by atoms with Crippen LogP contribution < -0.4 is 15.2 Å². The van der Waals surface area contributed by atoms with Gasteiger partial charge < -0.3 is 19.7 Å². The van der Waals surface area contributed by atoms with Gasteiger partial charge in [0.25, 0.3) is 0 Å². The Balaban J connectivity index is 2.37. The van der Waals surface area contributed by atoms with Gasteiger partial charge >= 0.3 is 0 Å². The molecule has 0 aliphatic heterocycles. The van der Waals surface area contributed by atoms with Crippen LogP contribution in [0.2, 0.25) is 0 Å². The maximum Gasteiger partial charge on any atom is 0.244 e. The Morgan fingerprint density at radius 2 is 1.67 bits per heavy atom. The van der Waals surface area contributed by atoms with Crippen molar-refractivity contribution >= 4 is 0 Å². The van der Waals surface area contributed by atoms with E-state index in [2.05, 4.69) is 10.1 Å². The number of nitrogens with zero attached hydrogens (tertiary/aromatic N) is 2. The Morgan fingerprint density at radius 3 is 2.14 bits per heavy atom. The first-order valence-corrected chi connectivity index (χ1v) is 6.67. The zero-order valence-corrected chi connectivity index (χ0v) is 13.0. The molecule has 0 radical (unpaired) electrons. The van der Waals surface area contributed by atoms with Gasteiger partial charge in [-0.25, -0.2) is 0 Å². The fourth-order valence-corrected chi connectivity index (χ4v) is 1.79. The van der Waals surface area contributed by atoms with Crippen LogP contribution in [0, 0.1) is 5.41 Å². The lowest BCUT2D eigenvalue weighted by atomic mass is 9.87. The van der Waals surface area contributed by atoms with Gasteiger partial charge in [-0.3, -0.25) is 0 Å². The van der Waals surface area contributed by atoms with E-state index in [1.165, 1.54) is 0 Å². The lowest BCUT2D eigenvalue weighted by molar-refractivity contribution is 0.253. The molecule has 0 aliphatic carbocycles. The Labute approximate surface area is 124 Å². The van der Waals surface area contributed by atoms with Gasteiger partial charge in [-0.15, -0.1) is 0 Å². The number of ether oxygens (including phenoxy) is 2. The van der Waals surface area contributed by atoms with Crippen molar-refractivity contribution in [2.45, 2.75) is 26.8 Å². The number of aromatic nitrogens is 2. The first kappa shape index (κ1) is 15.3. The maximum absolute atomic E-state index is 6.13. The Kier molecular flexibility index (Phi) is 4.18. The number of nitrogens with two attached hydrogens (primary N) is 1. The Hall–Kier alpha value is -2.08. The highest BCUT2D eigenvalue weighted by molar-refractivity contribution is 5.60. The standard InChI is InChI=1S/C15H21N3O3/c1-15(2,3)12(16)14-17-13(18-21-14)9-6-10(19-4)8-11(7-9)20-5/h6-8,12H,16H2,1-5H3/t12-/m1/s1. The van der Waals surface area contributed by atoms with Crippen LogP contribution in [0.25, 0.3) is 11.4 Å². The van der Waals surface area contributed by atoms with Gasteiger partial charge in [-0.1, -0.05) is 25.9 Å². The summed E-state index contributed by atoms with van der Waals surface area (Å²) < 4.78 is 15.8. The summed E-state index contributed by atoms with van der Waals surface area (Å²) in [6, 6.07) is 5.09. The molecular weight excluding hydrogens is 270 g/mol. The van der Waals surface area contributed by atoms with Gasteiger partial charge in [-0.2, -0.15) is 4.98 Å². The molecule has 1 heterocycles. The van der Waals surface area contributed by atoms with Crippen molar-refractivity contribution in [3.8, 4) is 22.9 Å². The third kappa shape index (κ3) is 3.33. The van der Waals surface area contributed by atoms with E-state index in [0.717, 1.165) is 5.56 Å². The first-order chi connectivity index (χ1) is 9.85. The summed E-state index contributed by atoms with van der Waals surface area (Å²) in [7, 11) is 3.19. The average molecular weight is 291 g/mol. The van der Waals surface area contributed by atoms with Crippen LogP contribution in [0.1, 0.15) is 32.7 Å². The summed E-state index contributed by atoms with van der Waals surface area (Å²) in [5.41, 5.74) is 6.73. The van der Waals surface area contributed by atoms with Gasteiger partial charge in [0, 0.05) is 11.6 Å². The van der Waals surface area contributed by atoms with E-state index < -0.39 is 0 Å². The van der Waals surface area contributed by atoms with Crippen molar-refractivity contribution in [1.82, 2.24) is 10.1 Å². The quantitative estimate of drug-likeness (QED) is 0.932. The molecular formula is C15H21N3O3. The third-order valence-corrected chi connectivity index (χ3v) is 3.25. The molecule has 0 saturated heterocycles. The largest absolute Gasteiger partial charge is 0.497 e. The molecule has 0 aliphatic rings. The Morgan fingerprint density at radius 1 is 1.10 bits per heavy atom. The van der Waals surface area contributed by atoms with E-state index in [-0.39, 0.29) is 11.5 Å². The van der Waals surface area contributed by atoms with Crippen LogP contribution in [-0.4, -0.2) is 24.4 Å². The molecule has 1 aromatic heterocycles. The minimum atomic E-state index is -0.328. The number of hydrogen-bond donors (Lipinski definition) is 1. The van der Waals surface area contributed by atoms with Crippen LogP contribution in [0.4, 0.5) is 0 Å². The zero-order chi connectivity index (χ0) is 15.6. The lowest BCUT2D eigenvalue weighted by Crippen LogP contribution is -2.26. The molecule has 2 rings (SSSR count). The van der Waals surface area contributed by atoms with Gasteiger partial charge in [0.05, 0.1) is 20.3 Å². The summed E-state index contributed by atoms with van der Waals surface area (Å²) in [4.78, 5) is 4.38. The van der Waals surface area contributed by atoms with Crippen LogP contribution >= 0.6 is 0 Å². The number of hydrogen-bond acceptors (Lipinski definition) is 6. The molecule has 0 amide bonds. The molecule has 0 spiro atoms. The minimum absolute atomic E-state index is 0.157. The van der Waals surface area contributed by atoms with Crippen LogP contribution in [-0.2, 0) is 0 Å². The molecule has 6 nitrogen and oxygen atoms in total. The molecule has 114 valence electrons. The SMILES string of the molecule is COc1cc(OC)cc(-c2noc([C@@H](N)C(C)(C)C)n2)c1. The monoisotopic (exact) mass is 291 g/mol. The second kappa shape index (κ2) is 5.73. The van der Waals surface area contributed by atoms with E-state index in [9.17, 15) is 0 Å². The fourth-order valence-electron chi connectivity index (χ4n) is 1.79. The van der Waals surface area contributed by atoms with E-state index >= 15 is 0 Å². The highest BCUT2D eigenvalue weighted by Gasteiger charge is 2.27. The minimum Gasteiger partial charge on any atom is -0.497 e. The average Bonchev–Trinajstić information content (AvgIpc) is 2.94. The molecule has 0 bridgehead atoms. The number of benzene rings is 1. The molecule has 2 N–H and O–H groups in total. The predicted molar refractivity (Wildman–Crippen MR) is 79.2 cm³/mol. The van der Waals surface area contributed by atoms with E-state index in [4.69, 9.17) is 19.7 Å². The third-order valence-electron chi connectivity index (χ3n) is 3.25. The van der Waals surface area contributed by atoms with Crippen LogP contribution in [0.3, 0.4) is 0 Å². The van der Waals surface area contributed by atoms with E-state index in [1.807, 2.05) is 32.9 Å². The van der Waals surface area contributed by atoms with E-state index in [1.54, 1.807) is 20.3 Å². The van der Waals surface area contributed by atoms with Crippen molar-refractivity contribution in [2.24, 2.45) is 11.1 Å². The van der Waals surface area contributed by atoms with Gasteiger partial charge in [0.1, 0.15) is 11.5 Å². The summed E-state index contributed by atoms with van der Waals surface area (Å²) in [6.45, 7) is 6.07. The molecule has 0 fully saturated rings. The smallest absolute Gasteiger partial charge is 0.244 e. The predicted octanol–water partition coefficient (Wildman–Crippen LogP) is 2.80. The van der Waals surface area contributed by atoms with Gasteiger partial charge in [0.15, 0.2) is 0 Å². The van der Waals surface area contributed by atoms with E-state index in [0.29, 0.717) is 23.2 Å². The number of methoxy groups -OCH3 is 2. The molecule has 6 heteroatoms. The molecule has 0 saturated carbocycles. The Bertz CT molecular complexity index is 595. The highest BCUT2D eigenvalue weighted by Crippen LogP contribution is 2.32. The molecule has 21 heavy (non-hydrogen) atoms. The maximum atomic E-state index is 6.13. The zero-order valence-electron chi connectivity index (χ0n) is 13.0. The topological polar surface area (TPSA) is 83.4 Å². The fraction of sp³-hybridized carbons (Fsp3) is 0.467. The van der Waals surface area contributed by atoms with Gasteiger partial charge in [-0.05, 0) is 17.5 Å². The van der Waals surface area contributed by atoms with Crippen molar-refractivity contribution < 1.29 is 14.0 Å². The summed E-state index contributed by atoms with van der Waals surface area (Å²) in [5.74, 6) is 2.20. The molecule has 1 atom stereocenters. The molecule has 1 aromatic carbocycles. The van der Waals surface area contributed by atoms with Crippen molar-refractivity contribution in [2.75, 3.05) is 14.2 Å². The van der Waals surface area contributed by atoms with Crippen LogP contribution in [0.15, 0.2) is 22.7 Å². The van der Waals surface area contributed by atoms with Crippen molar-refractivity contribution in [1.29, 1.82) is 0 Å². The lowest BCUT2D eigenvalue weighted by Gasteiger charge is -2.23. The van der Waals surface area contributed by atoms with Crippen LogP contribution in [0.5, 0.6) is 11.5 Å². The normalized spacial score (nSPS) is 13.0. The van der Waals surface area contributed by atoms with Crippen molar-refractivity contribution in [3.63, 3.8) is 0 Å².